The van der Waals surface area contributed by atoms with Gasteiger partial charge in [-0.25, -0.2) is 4.68 Å². The molecule has 0 unspecified atom stereocenters. The first kappa shape index (κ1) is 15.9. The Morgan fingerprint density at radius 2 is 2.00 bits per heavy atom. The largest absolute Gasteiger partial charge is 0.341 e. The van der Waals surface area contributed by atoms with Gasteiger partial charge in [0, 0.05) is 18.2 Å². The minimum atomic E-state index is -0.413. The Bertz CT molecular complexity index is 1070. The zero-order valence-electron chi connectivity index (χ0n) is 14.2. The van der Waals surface area contributed by atoms with Gasteiger partial charge in [0.1, 0.15) is 11.6 Å². The second-order valence-corrected chi connectivity index (χ2v) is 5.93. The van der Waals surface area contributed by atoms with Crippen molar-refractivity contribution in [3.05, 3.63) is 60.0 Å². The number of rotatable bonds is 4. The van der Waals surface area contributed by atoms with Crippen LogP contribution in [0.2, 0.25) is 0 Å². The molecule has 0 saturated carbocycles. The molecule has 0 spiro atoms. The van der Waals surface area contributed by atoms with Crippen LogP contribution in [0, 0.1) is 0 Å². The van der Waals surface area contributed by atoms with Crippen molar-refractivity contribution in [3.8, 4) is 11.4 Å². The van der Waals surface area contributed by atoms with Crippen LogP contribution < -0.4 is 5.32 Å². The van der Waals surface area contributed by atoms with Gasteiger partial charge in [-0.3, -0.25) is 4.79 Å². The highest BCUT2D eigenvalue weighted by molar-refractivity contribution is 5.94. The molecule has 4 rings (SSSR count). The Morgan fingerprint density at radius 3 is 2.81 bits per heavy atom. The molecule has 4 aromatic rings. The van der Waals surface area contributed by atoms with Crippen molar-refractivity contribution >= 4 is 16.9 Å². The van der Waals surface area contributed by atoms with Crippen LogP contribution in [0.1, 0.15) is 29.2 Å². The number of nitrogens with zero attached hydrogens (tertiary/aromatic N) is 5. The van der Waals surface area contributed by atoms with Crippen molar-refractivity contribution in [2.75, 3.05) is 0 Å². The van der Waals surface area contributed by atoms with Gasteiger partial charge < -0.3 is 9.84 Å². The maximum absolute atomic E-state index is 12.2. The molecular weight excluding hydrogens is 332 g/mol. The van der Waals surface area contributed by atoms with E-state index in [9.17, 15) is 4.79 Å². The Labute approximate surface area is 148 Å². The lowest BCUT2D eigenvalue weighted by Gasteiger charge is -2.09. The molecule has 8 nitrogen and oxygen atoms in total. The summed E-state index contributed by atoms with van der Waals surface area (Å²) in [4.78, 5) is 16.6. The standard InChI is InChI=1S/C18H16N6O2/c1-11(19-17(25)12-6-4-3-5-7-12)18-20-16(22-26-18)13-8-9-15-14(10-13)21-23-24(15)2/h3-11H,1-2H3,(H,19,25)/t11-/m1/s1. The number of benzene rings is 2. The van der Waals surface area contributed by atoms with E-state index in [1.807, 2.05) is 43.4 Å². The third kappa shape index (κ3) is 2.92. The zero-order valence-corrected chi connectivity index (χ0v) is 14.2. The van der Waals surface area contributed by atoms with E-state index in [-0.39, 0.29) is 5.91 Å². The van der Waals surface area contributed by atoms with Crippen LogP contribution in [0.5, 0.6) is 0 Å². The number of hydrogen-bond acceptors (Lipinski definition) is 6. The Hall–Kier alpha value is -3.55. The molecule has 1 N–H and O–H groups in total. The van der Waals surface area contributed by atoms with Gasteiger partial charge in [0.05, 0.1) is 5.52 Å². The second kappa shape index (κ2) is 6.40. The maximum atomic E-state index is 12.2. The molecule has 0 saturated heterocycles. The van der Waals surface area contributed by atoms with Crippen molar-refractivity contribution in [2.24, 2.45) is 7.05 Å². The summed E-state index contributed by atoms with van der Waals surface area (Å²) in [5, 5.41) is 14.9. The van der Waals surface area contributed by atoms with Crippen LogP contribution in [0.25, 0.3) is 22.4 Å². The molecule has 0 fully saturated rings. The molecule has 0 radical (unpaired) electrons. The minimum absolute atomic E-state index is 0.196. The van der Waals surface area contributed by atoms with Crippen molar-refractivity contribution in [3.63, 3.8) is 0 Å². The highest BCUT2D eigenvalue weighted by atomic mass is 16.5. The first-order chi connectivity index (χ1) is 12.6. The topological polar surface area (TPSA) is 98.7 Å². The third-order valence-corrected chi connectivity index (χ3v) is 4.06. The average molecular weight is 348 g/mol. The van der Waals surface area contributed by atoms with E-state index in [0.29, 0.717) is 17.3 Å². The fourth-order valence-corrected chi connectivity index (χ4v) is 2.64. The van der Waals surface area contributed by atoms with E-state index in [1.165, 1.54) is 0 Å². The molecule has 2 aromatic heterocycles. The SMILES string of the molecule is C[C@@H](NC(=O)c1ccccc1)c1nc(-c2ccc3c(c2)nnn3C)no1. The molecule has 0 bridgehead atoms. The van der Waals surface area contributed by atoms with E-state index in [2.05, 4.69) is 25.8 Å². The Balaban J connectivity index is 1.54. The summed E-state index contributed by atoms with van der Waals surface area (Å²) in [5.74, 6) is 0.579. The third-order valence-electron chi connectivity index (χ3n) is 4.06. The summed E-state index contributed by atoms with van der Waals surface area (Å²) in [6.45, 7) is 1.80. The number of carbonyl (C=O) groups excluding carboxylic acids is 1. The highest BCUT2D eigenvalue weighted by Gasteiger charge is 2.18. The van der Waals surface area contributed by atoms with Gasteiger partial charge in [-0.2, -0.15) is 4.98 Å². The number of fused-ring (bicyclic) bond motifs is 1. The zero-order chi connectivity index (χ0) is 18.1. The molecular formula is C18H16N6O2. The summed E-state index contributed by atoms with van der Waals surface area (Å²) < 4.78 is 7.01. The van der Waals surface area contributed by atoms with Crippen LogP contribution in [-0.2, 0) is 7.05 Å². The van der Waals surface area contributed by atoms with Gasteiger partial charge >= 0.3 is 0 Å². The van der Waals surface area contributed by atoms with Gasteiger partial charge in [0.15, 0.2) is 0 Å². The van der Waals surface area contributed by atoms with Gasteiger partial charge in [-0.1, -0.05) is 28.6 Å². The summed E-state index contributed by atoms with van der Waals surface area (Å²) in [7, 11) is 1.83. The smallest absolute Gasteiger partial charge is 0.251 e. The fourth-order valence-electron chi connectivity index (χ4n) is 2.64. The predicted octanol–water partition coefficient (Wildman–Crippen LogP) is 2.51. The molecule has 1 amide bonds. The minimum Gasteiger partial charge on any atom is -0.341 e. The molecule has 0 aliphatic heterocycles. The van der Waals surface area contributed by atoms with Crippen molar-refractivity contribution in [1.29, 1.82) is 0 Å². The average Bonchev–Trinajstić information content (AvgIpc) is 3.30. The lowest BCUT2D eigenvalue weighted by Crippen LogP contribution is -2.26. The molecule has 0 aliphatic rings. The van der Waals surface area contributed by atoms with Gasteiger partial charge in [-0.05, 0) is 37.3 Å². The molecule has 2 heterocycles. The quantitative estimate of drug-likeness (QED) is 0.608. The van der Waals surface area contributed by atoms with Crippen molar-refractivity contribution < 1.29 is 9.32 Å². The number of amides is 1. The van der Waals surface area contributed by atoms with E-state index >= 15 is 0 Å². The number of carbonyl (C=O) groups is 1. The fraction of sp³-hybridized carbons (Fsp3) is 0.167. The molecule has 0 aliphatic carbocycles. The normalized spacial score (nSPS) is 12.2. The molecule has 8 heteroatoms. The van der Waals surface area contributed by atoms with Crippen molar-refractivity contribution in [1.82, 2.24) is 30.5 Å². The van der Waals surface area contributed by atoms with E-state index < -0.39 is 6.04 Å². The van der Waals surface area contributed by atoms with Crippen LogP contribution in [0.3, 0.4) is 0 Å². The van der Waals surface area contributed by atoms with Crippen LogP contribution in [0.15, 0.2) is 53.1 Å². The molecule has 1 atom stereocenters. The van der Waals surface area contributed by atoms with Gasteiger partial charge in [0.25, 0.3) is 5.91 Å². The molecule has 130 valence electrons. The number of hydrogen-bond donors (Lipinski definition) is 1. The number of nitrogens with one attached hydrogen (secondary N) is 1. The summed E-state index contributed by atoms with van der Waals surface area (Å²) in [6.07, 6.45) is 0. The van der Waals surface area contributed by atoms with E-state index in [4.69, 9.17) is 4.52 Å². The Kier molecular flexibility index (Phi) is 3.92. The van der Waals surface area contributed by atoms with E-state index in [1.54, 1.807) is 23.7 Å². The maximum Gasteiger partial charge on any atom is 0.251 e. The first-order valence-electron chi connectivity index (χ1n) is 8.11. The number of aromatic nitrogens is 5. The summed E-state index contributed by atoms with van der Waals surface area (Å²) in [6, 6.07) is 14.2. The lowest BCUT2D eigenvalue weighted by molar-refractivity contribution is 0.0932. The van der Waals surface area contributed by atoms with Crippen LogP contribution in [0.4, 0.5) is 0 Å². The molecule has 2 aromatic carbocycles. The lowest BCUT2D eigenvalue weighted by atomic mass is 10.2. The Morgan fingerprint density at radius 1 is 1.19 bits per heavy atom. The second-order valence-electron chi connectivity index (χ2n) is 5.93. The predicted molar refractivity (Wildman–Crippen MR) is 94.1 cm³/mol. The highest BCUT2D eigenvalue weighted by Crippen LogP contribution is 2.22. The summed E-state index contributed by atoms with van der Waals surface area (Å²) >= 11 is 0. The van der Waals surface area contributed by atoms with Gasteiger partial charge in [-0.15, -0.1) is 5.10 Å². The monoisotopic (exact) mass is 348 g/mol. The van der Waals surface area contributed by atoms with Crippen molar-refractivity contribution in [2.45, 2.75) is 13.0 Å². The van der Waals surface area contributed by atoms with Crippen LogP contribution >= 0.6 is 0 Å². The summed E-state index contributed by atoms with van der Waals surface area (Å²) in [5.41, 5.74) is 3.02. The van der Waals surface area contributed by atoms with Crippen LogP contribution in [-0.4, -0.2) is 31.0 Å². The first-order valence-corrected chi connectivity index (χ1v) is 8.11. The van der Waals surface area contributed by atoms with Gasteiger partial charge in [0.2, 0.25) is 11.7 Å². The molecule has 26 heavy (non-hydrogen) atoms. The van der Waals surface area contributed by atoms with E-state index in [0.717, 1.165) is 16.6 Å². The number of aryl methyl sites for hydroxylation is 1.